The molecule has 1 fully saturated rings. The van der Waals surface area contributed by atoms with Crippen LogP contribution in [0.15, 0.2) is 0 Å². The Hall–Kier alpha value is -0.0800. The average molecular weight is 172 g/mol. The second-order valence-electron chi connectivity index (χ2n) is 4.06. The zero-order valence-corrected chi connectivity index (χ0v) is 8.12. The topological polar surface area (TPSA) is 29.5 Å². The number of hydrogen-bond acceptors (Lipinski definition) is 2. The maximum Gasteiger partial charge on any atom is 0.0745 e. The summed E-state index contributed by atoms with van der Waals surface area (Å²) in [6.07, 6.45) is 5.01. The first-order valence-electron chi connectivity index (χ1n) is 4.98. The number of rotatable bonds is 3. The molecule has 0 aromatic heterocycles. The molecule has 1 rings (SSSR count). The monoisotopic (exact) mass is 172 g/mol. The molecule has 2 nitrogen and oxygen atoms in total. The summed E-state index contributed by atoms with van der Waals surface area (Å²) in [7, 11) is 0. The summed E-state index contributed by atoms with van der Waals surface area (Å²) in [6.45, 7) is 4.56. The van der Waals surface area contributed by atoms with Crippen LogP contribution in [-0.4, -0.2) is 23.9 Å². The fourth-order valence-corrected chi connectivity index (χ4v) is 1.67. The third-order valence-corrected chi connectivity index (χ3v) is 2.54. The molecule has 0 heterocycles. The van der Waals surface area contributed by atoms with E-state index in [0.29, 0.717) is 12.7 Å². The van der Waals surface area contributed by atoms with Crippen molar-refractivity contribution in [2.24, 2.45) is 5.92 Å². The summed E-state index contributed by atoms with van der Waals surface area (Å²) in [6, 6.07) is 0. The first kappa shape index (κ1) is 10.0. The summed E-state index contributed by atoms with van der Waals surface area (Å²) in [5, 5.41) is 9.01. The van der Waals surface area contributed by atoms with Crippen LogP contribution >= 0.6 is 0 Å². The van der Waals surface area contributed by atoms with Crippen molar-refractivity contribution in [1.29, 1.82) is 0 Å². The van der Waals surface area contributed by atoms with Gasteiger partial charge in [0.1, 0.15) is 0 Å². The largest absolute Gasteiger partial charge is 0.391 e. The Morgan fingerprint density at radius 3 is 2.42 bits per heavy atom. The van der Waals surface area contributed by atoms with Crippen LogP contribution in [0.1, 0.15) is 39.5 Å². The predicted molar refractivity (Wildman–Crippen MR) is 49.1 cm³/mol. The molecule has 1 N–H and O–H groups in total. The summed E-state index contributed by atoms with van der Waals surface area (Å²) in [4.78, 5) is 0. The lowest BCUT2D eigenvalue weighted by molar-refractivity contribution is -0.0230. The van der Waals surface area contributed by atoms with E-state index in [1.54, 1.807) is 6.92 Å². The Morgan fingerprint density at radius 1 is 1.33 bits per heavy atom. The Bertz CT molecular complexity index is 115. The molecule has 0 radical (unpaired) electrons. The maximum absolute atomic E-state index is 9.01. The summed E-state index contributed by atoms with van der Waals surface area (Å²) in [5.41, 5.74) is 0. The molecule has 12 heavy (non-hydrogen) atoms. The molecule has 0 aliphatic heterocycles. The summed E-state index contributed by atoms with van der Waals surface area (Å²) in [5.74, 6) is 0.872. The Morgan fingerprint density at radius 2 is 1.92 bits per heavy atom. The molecule has 1 unspecified atom stereocenters. The molecule has 0 spiro atoms. The molecular formula is C10H20O2. The molecular weight excluding hydrogens is 152 g/mol. The van der Waals surface area contributed by atoms with Crippen LogP contribution in [0, 0.1) is 5.92 Å². The van der Waals surface area contributed by atoms with Crippen molar-refractivity contribution in [3.8, 4) is 0 Å². The molecule has 0 bridgehead atoms. The highest BCUT2D eigenvalue weighted by Crippen LogP contribution is 2.25. The first-order chi connectivity index (χ1) is 5.68. The number of aliphatic hydroxyl groups excluding tert-OH is 1. The second kappa shape index (κ2) is 4.83. The van der Waals surface area contributed by atoms with Gasteiger partial charge < -0.3 is 9.84 Å². The van der Waals surface area contributed by atoms with Crippen LogP contribution in [0.2, 0.25) is 0 Å². The third kappa shape index (κ3) is 3.55. The van der Waals surface area contributed by atoms with Gasteiger partial charge in [-0.25, -0.2) is 0 Å². The molecule has 1 aliphatic rings. The molecule has 0 aromatic carbocycles. The van der Waals surface area contributed by atoms with Crippen LogP contribution in [0.4, 0.5) is 0 Å². The van der Waals surface area contributed by atoms with E-state index in [4.69, 9.17) is 9.84 Å². The maximum atomic E-state index is 9.01. The third-order valence-electron chi connectivity index (χ3n) is 2.54. The summed E-state index contributed by atoms with van der Waals surface area (Å²) >= 11 is 0. The number of ether oxygens (including phenoxy) is 1. The van der Waals surface area contributed by atoms with Crippen LogP contribution in [0.3, 0.4) is 0 Å². The van der Waals surface area contributed by atoms with E-state index < -0.39 is 0 Å². The highest BCUT2D eigenvalue weighted by molar-refractivity contribution is 4.70. The minimum atomic E-state index is -0.315. The smallest absolute Gasteiger partial charge is 0.0745 e. The van der Waals surface area contributed by atoms with Crippen molar-refractivity contribution in [1.82, 2.24) is 0 Å². The molecule has 72 valence electrons. The zero-order chi connectivity index (χ0) is 8.97. The van der Waals surface area contributed by atoms with Crippen molar-refractivity contribution < 1.29 is 9.84 Å². The number of aliphatic hydroxyl groups is 1. The second-order valence-corrected chi connectivity index (χ2v) is 4.06. The van der Waals surface area contributed by atoms with E-state index in [2.05, 4.69) is 6.92 Å². The van der Waals surface area contributed by atoms with Gasteiger partial charge in [-0.3, -0.25) is 0 Å². The van der Waals surface area contributed by atoms with Gasteiger partial charge in [-0.1, -0.05) is 6.92 Å². The fourth-order valence-electron chi connectivity index (χ4n) is 1.67. The Labute approximate surface area is 74.9 Å². The highest BCUT2D eigenvalue weighted by Gasteiger charge is 2.18. The van der Waals surface area contributed by atoms with E-state index in [0.717, 1.165) is 5.92 Å². The van der Waals surface area contributed by atoms with E-state index >= 15 is 0 Å². The molecule has 1 aliphatic carbocycles. The van der Waals surface area contributed by atoms with Crippen LogP contribution in [-0.2, 0) is 4.74 Å². The van der Waals surface area contributed by atoms with E-state index in [9.17, 15) is 0 Å². The summed E-state index contributed by atoms with van der Waals surface area (Å²) < 4.78 is 5.54. The highest BCUT2D eigenvalue weighted by atomic mass is 16.5. The molecule has 0 amide bonds. The van der Waals surface area contributed by atoms with Gasteiger partial charge in [0, 0.05) is 0 Å². The van der Waals surface area contributed by atoms with Gasteiger partial charge >= 0.3 is 0 Å². The van der Waals surface area contributed by atoms with Crippen LogP contribution in [0.25, 0.3) is 0 Å². The van der Waals surface area contributed by atoms with Crippen molar-refractivity contribution in [3.63, 3.8) is 0 Å². The molecule has 1 saturated carbocycles. The Kier molecular flexibility index (Phi) is 4.02. The SMILES string of the molecule is CC(O)COC1CCC(C)CC1. The predicted octanol–water partition coefficient (Wildman–Crippen LogP) is 1.96. The average Bonchev–Trinajstić information content (AvgIpc) is 2.03. The van der Waals surface area contributed by atoms with Crippen LogP contribution < -0.4 is 0 Å². The van der Waals surface area contributed by atoms with Gasteiger partial charge in [0.2, 0.25) is 0 Å². The molecule has 0 saturated heterocycles. The van der Waals surface area contributed by atoms with Gasteiger partial charge in [0.05, 0.1) is 18.8 Å². The van der Waals surface area contributed by atoms with E-state index in [-0.39, 0.29) is 6.10 Å². The van der Waals surface area contributed by atoms with Gasteiger partial charge in [-0.15, -0.1) is 0 Å². The lowest BCUT2D eigenvalue weighted by Gasteiger charge is -2.26. The normalized spacial score (nSPS) is 33.2. The zero-order valence-electron chi connectivity index (χ0n) is 8.12. The van der Waals surface area contributed by atoms with E-state index in [1.165, 1.54) is 25.7 Å². The van der Waals surface area contributed by atoms with Gasteiger partial charge in [-0.2, -0.15) is 0 Å². The molecule has 0 aromatic rings. The van der Waals surface area contributed by atoms with Crippen LogP contribution in [0.5, 0.6) is 0 Å². The van der Waals surface area contributed by atoms with Gasteiger partial charge in [-0.05, 0) is 38.5 Å². The lowest BCUT2D eigenvalue weighted by Crippen LogP contribution is -2.24. The Balaban J connectivity index is 2.09. The minimum absolute atomic E-state index is 0.315. The standard InChI is InChI=1S/C10H20O2/c1-8-3-5-10(6-4-8)12-7-9(2)11/h8-11H,3-7H2,1-2H3. The molecule has 1 atom stereocenters. The van der Waals surface area contributed by atoms with Gasteiger partial charge in [0.25, 0.3) is 0 Å². The van der Waals surface area contributed by atoms with Gasteiger partial charge in [0.15, 0.2) is 0 Å². The fraction of sp³-hybridized carbons (Fsp3) is 1.00. The molecule has 2 heteroatoms. The number of hydrogen-bond donors (Lipinski definition) is 1. The van der Waals surface area contributed by atoms with Crippen molar-refractivity contribution in [2.45, 2.75) is 51.7 Å². The van der Waals surface area contributed by atoms with Crippen molar-refractivity contribution in [3.05, 3.63) is 0 Å². The first-order valence-corrected chi connectivity index (χ1v) is 4.98. The minimum Gasteiger partial charge on any atom is -0.391 e. The van der Waals surface area contributed by atoms with E-state index in [1.807, 2.05) is 0 Å². The van der Waals surface area contributed by atoms with Crippen molar-refractivity contribution >= 4 is 0 Å². The lowest BCUT2D eigenvalue weighted by atomic mass is 9.89. The van der Waals surface area contributed by atoms with Crippen molar-refractivity contribution in [2.75, 3.05) is 6.61 Å². The quantitative estimate of drug-likeness (QED) is 0.705.